The molecule has 5 heteroatoms. The second-order valence-corrected chi connectivity index (χ2v) is 7.08. The normalized spacial score (nSPS) is 17.2. The largest absolute Gasteiger partial charge is 0.378 e. The summed E-state index contributed by atoms with van der Waals surface area (Å²) < 4.78 is 5.29. The average molecular weight is 364 g/mol. The molecule has 0 aromatic heterocycles. The number of carbonyl (C=O) groups excluding carboxylic acids is 2. The fraction of sp³-hybridized carbons (Fsp3) is 0.364. The fourth-order valence-electron chi connectivity index (χ4n) is 3.76. The average Bonchev–Trinajstić information content (AvgIpc) is 2.96. The van der Waals surface area contributed by atoms with Crippen LogP contribution in [0.2, 0.25) is 0 Å². The maximum absolute atomic E-state index is 13.0. The van der Waals surface area contributed by atoms with Crippen LogP contribution in [0.4, 0.5) is 0 Å². The van der Waals surface area contributed by atoms with Crippen molar-refractivity contribution in [1.29, 1.82) is 0 Å². The molecule has 2 heterocycles. The summed E-state index contributed by atoms with van der Waals surface area (Å²) in [6.07, 6.45) is 1.98. The molecule has 140 valence electrons. The van der Waals surface area contributed by atoms with Gasteiger partial charge in [0.2, 0.25) is 0 Å². The van der Waals surface area contributed by atoms with Gasteiger partial charge in [0.05, 0.1) is 13.2 Å². The van der Waals surface area contributed by atoms with Crippen LogP contribution in [0.3, 0.4) is 0 Å². The fourth-order valence-corrected chi connectivity index (χ4v) is 3.76. The Bertz CT molecular complexity index is 826. The number of ether oxygens (including phenoxy) is 1. The molecular weight excluding hydrogens is 340 g/mol. The van der Waals surface area contributed by atoms with E-state index in [1.54, 1.807) is 29.2 Å². The van der Waals surface area contributed by atoms with Gasteiger partial charge in [0.25, 0.3) is 11.8 Å². The molecule has 2 aromatic carbocycles. The Balaban J connectivity index is 1.47. The van der Waals surface area contributed by atoms with Crippen LogP contribution in [0.25, 0.3) is 0 Å². The molecule has 0 aliphatic carbocycles. The quantitative estimate of drug-likeness (QED) is 0.823. The maximum atomic E-state index is 13.0. The number of carbonyl (C=O) groups is 2. The lowest BCUT2D eigenvalue weighted by Crippen LogP contribution is -2.40. The zero-order valence-electron chi connectivity index (χ0n) is 15.4. The first kappa shape index (κ1) is 17.7. The van der Waals surface area contributed by atoms with Gasteiger partial charge in [0.15, 0.2) is 0 Å². The van der Waals surface area contributed by atoms with E-state index in [9.17, 15) is 9.59 Å². The van der Waals surface area contributed by atoms with Crippen molar-refractivity contribution in [2.75, 3.05) is 32.8 Å². The van der Waals surface area contributed by atoms with E-state index in [0.29, 0.717) is 44.0 Å². The highest BCUT2D eigenvalue weighted by atomic mass is 16.5. The minimum atomic E-state index is 0.000925. The van der Waals surface area contributed by atoms with Crippen molar-refractivity contribution in [3.63, 3.8) is 0 Å². The Morgan fingerprint density at radius 1 is 0.741 bits per heavy atom. The lowest BCUT2D eigenvalue weighted by atomic mass is 10.0. The molecule has 0 atom stereocenters. The molecule has 0 unspecified atom stereocenters. The van der Waals surface area contributed by atoms with Crippen molar-refractivity contribution in [2.24, 2.45) is 0 Å². The van der Waals surface area contributed by atoms with Crippen LogP contribution in [0.1, 0.15) is 38.3 Å². The zero-order chi connectivity index (χ0) is 18.6. The maximum Gasteiger partial charge on any atom is 0.254 e. The molecule has 0 bridgehead atoms. The summed E-state index contributed by atoms with van der Waals surface area (Å²) in [5.74, 6) is 0.0260. The molecule has 2 aromatic rings. The van der Waals surface area contributed by atoms with Gasteiger partial charge >= 0.3 is 0 Å². The van der Waals surface area contributed by atoms with Gasteiger partial charge in [-0.1, -0.05) is 24.3 Å². The Kier molecular flexibility index (Phi) is 5.21. The highest BCUT2D eigenvalue weighted by Gasteiger charge is 2.22. The Morgan fingerprint density at radius 2 is 1.33 bits per heavy atom. The van der Waals surface area contributed by atoms with Gasteiger partial charge in [-0.2, -0.15) is 0 Å². The van der Waals surface area contributed by atoms with Crippen LogP contribution in [0.15, 0.2) is 48.5 Å². The molecule has 2 aliphatic heterocycles. The second-order valence-electron chi connectivity index (χ2n) is 7.08. The molecule has 0 N–H and O–H groups in total. The Labute approximate surface area is 159 Å². The van der Waals surface area contributed by atoms with E-state index >= 15 is 0 Å². The molecule has 0 saturated carbocycles. The van der Waals surface area contributed by atoms with Crippen molar-refractivity contribution >= 4 is 11.8 Å². The van der Waals surface area contributed by atoms with Crippen molar-refractivity contribution in [3.8, 4) is 0 Å². The molecule has 1 saturated heterocycles. The first-order chi connectivity index (χ1) is 13.2. The van der Waals surface area contributed by atoms with Gasteiger partial charge in [0.1, 0.15) is 0 Å². The van der Waals surface area contributed by atoms with E-state index in [0.717, 1.165) is 19.4 Å². The van der Waals surface area contributed by atoms with Crippen LogP contribution in [0, 0.1) is 0 Å². The second kappa shape index (κ2) is 7.92. The molecular formula is C22H24N2O3. The minimum absolute atomic E-state index is 0.000925. The number of amides is 2. The molecule has 27 heavy (non-hydrogen) atoms. The lowest BCUT2D eigenvalue weighted by Gasteiger charge is -2.27. The zero-order valence-corrected chi connectivity index (χ0v) is 15.4. The molecule has 1 fully saturated rings. The highest BCUT2D eigenvalue weighted by molar-refractivity contribution is 5.98. The summed E-state index contributed by atoms with van der Waals surface area (Å²) in [5.41, 5.74) is 3.81. The SMILES string of the molecule is O=C(c1ccc(C(=O)N2CCCc3ccccc3C2)cc1)N1CCOCC1. The molecule has 0 radical (unpaired) electrons. The third-order valence-electron chi connectivity index (χ3n) is 5.32. The van der Waals surface area contributed by atoms with Crippen molar-refractivity contribution in [3.05, 3.63) is 70.8 Å². The standard InChI is InChI=1S/C22H24N2O3/c25-21(23-12-14-27-15-13-23)18-7-9-19(10-8-18)22(26)24-11-3-6-17-4-1-2-5-20(17)16-24/h1-2,4-5,7-10H,3,6,11-16H2. The number of benzene rings is 2. The van der Waals surface area contributed by atoms with E-state index < -0.39 is 0 Å². The summed E-state index contributed by atoms with van der Waals surface area (Å²) >= 11 is 0. The van der Waals surface area contributed by atoms with E-state index in [1.165, 1.54) is 11.1 Å². The van der Waals surface area contributed by atoms with E-state index in [2.05, 4.69) is 18.2 Å². The third-order valence-corrected chi connectivity index (χ3v) is 5.32. The van der Waals surface area contributed by atoms with Gasteiger partial charge in [-0.25, -0.2) is 0 Å². The third kappa shape index (κ3) is 3.88. The predicted octanol–water partition coefficient (Wildman–Crippen LogP) is 2.75. The van der Waals surface area contributed by atoms with Crippen LogP contribution < -0.4 is 0 Å². The Morgan fingerprint density at radius 3 is 2.00 bits per heavy atom. The van der Waals surface area contributed by atoms with E-state index in [-0.39, 0.29) is 11.8 Å². The monoisotopic (exact) mass is 364 g/mol. The lowest BCUT2D eigenvalue weighted by molar-refractivity contribution is 0.0303. The molecule has 4 rings (SSSR count). The van der Waals surface area contributed by atoms with Crippen molar-refractivity contribution in [2.45, 2.75) is 19.4 Å². The first-order valence-corrected chi connectivity index (χ1v) is 9.55. The predicted molar refractivity (Wildman–Crippen MR) is 103 cm³/mol. The van der Waals surface area contributed by atoms with Gasteiger partial charge in [-0.05, 0) is 48.2 Å². The number of morpholine rings is 1. The molecule has 0 spiro atoms. The van der Waals surface area contributed by atoms with Crippen LogP contribution in [-0.4, -0.2) is 54.5 Å². The first-order valence-electron chi connectivity index (χ1n) is 9.55. The van der Waals surface area contributed by atoms with Crippen molar-refractivity contribution < 1.29 is 14.3 Å². The summed E-state index contributed by atoms with van der Waals surface area (Å²) in [7, 11) is 0. The summed E-state index contributed by atoms with van der Waals surface area (Å²) in [5, 5.41) is 0. The smallest absolute Gasteiger partial charge is 0.254 e. The van der Waals surface area contributed by atoms with Gasteiger partial charge in [-0.15, -0.1) is 0 Å². The molecule has 5 nitrogen and oxygen atoms in total. The minimum Gasteiger partial charge on any atom is -0.378 e. The van der Waals surface area contributed by atoms with Crippen molar-refractivity contribution in [1.82, 2.24) is 9.80 Å². The summed E-state index contributed by atoms with van der Waals surface area (Å²) in [6.45, 7) is 3.79. The number of aryl methyl sites for hydroxylation is 1. The van der Waals surface area contributed by atoms with E-state index in [1.807, 2.05) is 11.0 Å². The van der Waals surface area contributed by atoms with Crippen LogP contribution in [-0.2, 0) is 17.7 Å². The van der Waals surface area contributed by atoms with Crippen LogP contribution in [0.5, 0.6) is 0 Å². The molecule has 2 aliphatic rings. The van der Waals surface area contributed by atoms with Gasteiger partial charge < -0.3 is 14.5 Å². The highest BCUT2D eigenvalue weighted by Crippen LogP contribution is 2.20. The summed E-state index contributed by atoms with van der Waals surface area (Å²) in [4.78, 5) is 29.2. The van der Waals surface area contributed by atoms with Gasteiger partial charge in [0, 0.05) is 37.3 Å². The van der Waals surface area contributed by atoms with E-state index in [4.69, 9.17) is 4.74 Å². The number of hydrogen-bond acceptors (Lipinski definition) is 3. The van der Waals surface area contributed by atoms with Gasteiger partial charge in [-0.3, -0.25) is 9.59 Å². The number of rotatable bonds is 2. The molecule has 2 amide bonds. The number of nitrogens with zero attached hydrogens (tertiary/aromatic N) is 2. The Hall–Kier alpha value is -2.66. The van der Waals surface area contributed by atoms with Crippen LogP contribution >= 0.6 is 0 Å². The summed E-state index contributed by atoms with van der Waals surface area (Å²) in [6, 6.07) is 15.4. The number of hydrogen-bond donors (Lipinski definition) is 0. The topological polar surface area (TPSA) is 49.9 Å². The number of fused-ring (bicyclic) bond motifs is 1.